The van der Waals surface area contributed by atoms with Crippen molar-refractivity contribution in [3.63, 3.8) is 0 Å². The Morgan fingerprint density at radius 2 is 2.25 bits per heavy atom. The van der Waals surface area contributed by atoms with Crippen LogP contribution in [0.4, 0.5) is 0 Å². The first-order valence-corrected chi connectivity index (χ1v) is 8.04. The number of likely N-dealkylation sites (tertiary alicyclic amines) is 1. The molecule has 1 aromatic heterocycles. The molecule has 0 saturated carbocycles. The predicted octanol–water partition coefficient (Wildman–Crippen LogP) is 3.18. The molecule has 2 heterocycles. The fraction of sp³-hybridized carbons (Fsp3) is 0.812. The summed E-state index contributed by atoms with van der Waals surface area (Å²) >= 11 is 0. The SMILES string of the molecule is CC(C)CNCc1cc(CN2CCCCCC2C)on1. The zero-order valence-electron chi connectivity index (χ0n) is 13.2. The van der Waals surface area contributed by atoms with Gasteiger partial charge in [-0.15, -0.1) is 0 Å². The minimum atomic E-state index is 0.658. The van der Waals surface area contributed by atoms with E-state index in [2.05, 4.69) is 42.2 Å². The van der Waals surface area contributed by atoms with Gasteiger partial charge in [0.15, 0.2) is 5.76 Å². The Bertz CT molecular complexity index is 389. The second kappa shape index (κ2) is 7.79. The lowest BCUT2D eigenvalue weighted by molar-refractivity contribution is 0.182. The van der Waals surface area contributed by atoms with E-state index in [-0.39, 0.29) is 0 Å². The van der Waals surface area contributed by atoms with Gasteiger partial charge in [0.1, 0.15) is 0 Å². The fourth-order valence-corrected chi connectivity index (χ4v) is 2.77. The van der Waals surface area contributed by atoms with Crippen LogP contribution in [0.1, 0.15) is 57.9 Å². The summed E-state index contributed by atoms with van der Waals surface area (Å²) in [5.41, 5.74) is 1.02. The molecule has 1 aliphatic heterocycles. The highest BCUT2D eigenvalue weighted by Gasteiger charge is 2.18. The topological polar surface area (TPSA) is 41.3 Å². The number of hydrogen-bond donors (Lipinski definition) is 1. The van der Waals surface area contributed by atoms with Crippen molar-refractivity contribution in [1.29, 1.82) is 0 Å². The standard InChI is InChI=1S/C16H29N3O/c1-13(2)10-17-11-15-9-16(20-18-15)12-19-8-6-4-5-7-14(19)3/h9,13-14,17H,4-8,10-12H2,1-3H3. The van der Waals surface area contributed by atoms with E-state index in [9.17, 15) is 0 Å². The van der Waals surface area contributed by atoms with Gasteiger partial charge in [0.05, 0.1) is 12.2 Å². The molecule has 1 N–H and O–H groups in total. The van der Waals surface area contributed by atoms with Crippen LogP contribution in [0.15, 0.2) is 10.6 Å². The Balaban J connectivity index is 1.82. The Morgan fingerprint density at radius 1 is 1.40 bits per heavy atom. The number of nitrogens with one attached hydrogen (secondary N) is 1. The summed E-state index contributed by atoms with van der Waals surface area (Å²) in [5, 5.41) is 7.56. The van der Waals surface area contributed by atoms with Crippen LogP contribution in [0, 0.1) is 5.92 Å². The van der Waals surface area contributed by atoms with Gasteiger partial charge in [0.25, 0.3) is 0 Å². The van der Waals surface area contributed by atoms with E-state index in [1.54, 1.807) is 0 Å². The first kappa shape index (κ1) is 15.5. The third kappa shape index (κ3) is 4.91. The maximum atomic E-state index is 5.48. The van der Waals surface area contributed by atoms with Gasteiger partial charge < -0.3 is 9.84 Å². The number of rotatable bonds is 6. The molecule has 2 rings (SSSR count). The molecule has 0 aliphatic carbocycles. The molecule has 0 spiro atoms. The molecule has 1 fully saturated rings. The summed E-state index contributed by atoms with van der Waals surface area (Å²) in [5.74, 6) is 1.67. The van der Waals surface area contributed by atoms with Crippen LogP contribution in [0.5, 0.6) is 0 Å². The summed E-state index contributed by atoms with van der Waals surface area (Å²) in [6.07, 6.45) is 5.33. The fourth-order valence-electron chi connectivity index (χ4n) is 2.77. The Hall–Kier alpha value is -0.870. The van der Waals surface area contributed by atoms with Crippen molar-refractivity contribution in [2.24, 2.45) is 5.92 Å². The van der Waals surface area contributed by atoms with Crippen molar-refractivity contribution in [2.45, 2.75) is 65.6 Å². The van der Waals surface area contributed by atoms with Crippen molar-refractivity contribution >= 4 is 0 Å². The molecule has 0 bridgehead atoms. The third-order valence-corrected chi connectivity index (χ3v) is 4.02. The monoisotopic (exact) mass is 279 g/mol. The first-order chi connectivity index (χ1) is 9.65. The second-order valence-electron chi connectivity index (χ2n) is 6.48. The van der Waals surface area contributed by atoms with Crippen molar-refractivity contribution < 1.29 is 4.52 Å². The molecule has 4 nitrogen and oxygen atoms in total. The summed E-state index contributed by atoms with van der Waals surface area (Å²) in [6.45, 7) is 10.7. The van der Waals surface area contributed by atoms with Crippen molar-refractivity contribution in [2.75, 3.05) is 13.1 Å². The maximum Gasteiger partial charge on any atom is 0.151 e. The molecule has 1 aromatic rings. The lowest BCUT2D eigenvalue weighted by atomic mass is 10.1. The molecule has 1 aliphatic rings. The molecule has 0 radical (unpaired) electrons. The van der Waals surface area contributed by atoms with Crippen molar-refractivity contribution in [3.8, 4) is 0 Å². The van der Waals surface area contributed by atoms with Crippen LogP contribution in [0.3, 0.4) is 0 Å². The molecule has 20 heavy (non-hydrogen) atoms. The Labute approximate surface area is 122 Å². The molecule has 0 aromatic carbocycles. The first-order valence-electron chi connectivity index (χ1n) is 8.04. The molecule has 4 heteroatoms. The van der Waals surface area contributed by atoms with E-state index in [0.29, 0.717) is 12.0 Å². The summed E-state index contributed by atoms with van der Waals surface area (Å²) in [7, 11) is 0. The van der Waals surface area contributed by atoms with Gasteiger partial charge in [0, 0.05) is 18.7 Å². The van der Waals surface area contributed by atoms with Gasteiger partial charge >= 0.3 is 0 Å². The van der Waals surface area contributed by atoms with E-state index < -0.39 is 0 Å². The zero-order chi connectivity index (χ0) is 14.4. The smallest absolute Gasteiger partial charge is 0.151 e. The minimum Gasteiger partial charge on any atom is -0.360 e. The quantitative estimate of drug-likeness (QED) is 0.868. The Morgan fingerprint density at radius 3 is 3.05 bits per heavy atom. The van der Waals surface area contributed by atoms with Crippen LogP contribution in [-0.4, -0.2) is 29.2 Å². The van der Waals surface area contributed by atoms with Crippen LogP contribution in [0.2, 0.25) is 0 Å². The average molecular weight is 279 g/mol. The lowest BCUT2D eigenvalue weighted by Crippen LogP contribution is -2.31. The van der Waals surface area contributed by atoms with Crippen molar-refractivity contribution in [3.05, 3.63) is 17.5 Å². The number of hydrogen-bond acceptors (Lipinski definition) is 4. The zero-order valence-corrected chi connectivity index (χ0v) is 13.2. The normalized spacial score (nSPS) is 21.3. The van der Waals surface area contributed by atoms with Gasteiger partial charge in [0.2, 0.25) is 0 Å². The van der Waals surface area contributed by atoms with Gasteiger partial charge in [-0.05, 0) is 38.8 Å². The second-order valence-corrected chi connectivity index (χ2v) is 6.48. The van der Waals surface area contributed by atoms with E-state index in [4.69, 9.17) is 4.52 Å². The molecule has 114 valence electrons. The average Bonchev–Trinajstić information content (AvgIpc) is 2.74. The highest BCUT2D eigenvalue weighted by molar-refractivity contribution is 5.05. The lowest BCUT2D eigenvalue weighted by Gasteiger charge is -2.25. The molecule has 1 atom stereocenters. The minimum absolute atomic E-state index is 0.658. The molecular weight excluding hydrogens is 250 g/mol. The van der Waals surface area contributed by atoms with E-state index in [1.165, 1.54) is 32.2 Å². The third-order valence-electron chi connectivity index (χ3n) is 4.02. The predicted molar refractivity (Wildman–Crippen MR) is 81.4 cm³/mol. The number of aromatic nitrogens is 1. The van der Waals surface area contributed by atoms with Gasteiger partial charge in [-0.2, -0.15) is 0 Å². The van der Waals surface area contributed by atoms with Gasteiger partial charge in [-0.25, -0.2) is 0 Å². The molecule has 1 saturated heterocycles. The molecular formula is C16H29N3O. The molecule has 0 amide bonds. The highest BCUT2D eigenvalue weighted by Crippen LogP contribution is 2.19. The van der Waals surface area contributed by atoms with Gasteiger partial charge in [-0.1, -0.05) is 31.8 Å². The van der Waals surface area contributed by atoms with Crippen LogP contribution in [-0.2, 0) is 13.1 Å². The van der Waals surface area contributed by atoms with Crippen molar-refractivity contribution in [1.82, 2.24) is 15.4 Å². The summed E-state index contributed by atoms with van der Waals surface area (Å²) in [4.78, 5) is 2.53. The molecule has 1 unspecified atom stereocenters. The summed E-state index contributed by atoms with van der Waals surface area (Å²) in [6, 6.07) is 2.76. The van der Waals surface area contributed by atoms with E-state index in [1.807, 2.05) is 0 Å². The van der Waals surface area contributed by atoms with E-state index in [0.717, 1.165) is 31.1 Å². The van der Waals surface area contributed by atoms with Crippen LogP contribution in [0.25, 0.3) is 0 Å². The highest BCUT2D eigenvalue weighted by atomic mass is 16.5. The number of nitrogens with zero attached hydrogens (tertiary/aromatic N) is 2. The summed E-state index contributed by atoms with van der Waals surface area (Å²) < 4.78 is 5.48. The largest absolute Gasteiger partial charge is 0.360 e. The van der Waals surface area contributed by atoms with Crippen LogP contribution < -0.4 is 5.32 Å². The van der Waals surface area contributed by atoms with Gasteiger partial charge in [-0.3, -0.25) is 4.90 Å². The van der Waals surface area contributed by atoms with Crippen LogP contribution >= 0.6 is 0 Å². The maximum absolute atomic E-state index is 5.48. The Kier molecular flexibility index (Phi) is 6.05. The van der Waals surface area contributed by atoms with E-state index >= 15 is 0 Å².